The van der Waals surface area contributed by atoms with Crippen LogP contribution >= 0.6 is 24.0 Å². The van der Waals surface area contributed by atoms with Crippen LogP contribution in [-0.2, 0) is 16.1 Å². The molecule has 0 saturated carbocycles. The molecule has 1 amide bonds. The molecule has 1 aromatic rings. The summed E-state index contributed by atoms with van der Waals surface area (Å²) >= 11 is 0. The Morgan fingerprint density at radius 2 is 1.75 bits per heavy atom. The third-order valence-electron chi connectivity index (χ3n) is 3.76. The zero-order valence-electron chi connectivity index (χ0n) is 17.3. The Labute approximate surface area is 186 Å². The molecule has 3 N–H and O–H groups in total. The number of nitrogens with one attached hydrogen (secondary N) is 3. The lowest BCUT2D eigenvalue weighted by atomic mass is 10.2. The first-order valence-corrected chi connectivity index (χ1v) is 9.69. The van der Waals surface area contributed by atoms with E-state index in [9.17, 15) is 4.79 Å². The number of amides is 1. The van der Waals surface area contributed by atoms with Gasteiger partial charge in [0.25, 0.3) is 0 Å². The summed E-state index contributed by atoms with van der Waals surface area (Å²) in [6.45, 7) is 8.03. The van der Waals surface area contributed by atoms with Crippen LogP contribution in [0.3, 0.4) is 0 Å². The molecule has 0 aliphatic heterocycles. The van der Waals surface area contributed by atoms with E-state index < -0.39 is 0 Å². The molecule has 8 heteroatoms. The Morgan fingerprint density at radius 3 is 2.39 bits per heavy atom. The van der Waals surface area contributed by atoms with Gasteiger partial charge in [0.15, 0.2) is 5.96 Å². The van der Waals surface area contributed by atoms with Crippen molar-refractivity contribution >= 4 is 35.8 Å². The molecule has 7 nitrogen and oxygen atoms in total. The van der Waals surface area contributed by atoms with E-state index in [1.807, 2.05) is 38.1 Å². The number of rotatable bonds is 13. The number of ether oxygens (including phenoxy) is 2. The van der Waals surface area contributed by atoms with Gasteiger partial charge in [-0.15, -0.1) is 24.0 Å². The number of guanidine groups is 1. The van der Waals surface area contributed by atoms with Crippen molar-refractivity contribution in [3.05, 3.63) is 29.8 Å². The fourth-order valence-corrected chi connectivity index (χ4v) is 2.25. The molecule has 0 saturated heterocycles. The second-order valence-electron chi connectivity index (χ2n) is 6.02. The fourth-order valence-electron chi connectivity index (χ4n) is 2.25. The minimum atomic E-state index is 0. The number of benzene rings is 1. The lowest BCUT2D eigenvalue weighted by Crippen LogP contribution is -2.40. The monoisotopic (exact) mass is 506 g/mol. The Hall–Kier alpha value is -1.55. The Balaban J connectivity index is 0.00000729. The molecule has 0 atom stereocenters. The molecule has 28 heavy (non-hydrogen) atoms. The molecule has 1 aromatic carbocycles. The van der Waals surface area contributed by atoms with Gasteiger partial charge in [0.2, 0.25) is 5.91 Å². The summed E-state index contributed by atoms with van der Waals surface area (Å²) in [4.78, 5) is 16.3. The highest BCUT2D eigenvalue weighted by atomic mass is 127. The molecule has 1 rings (SSSR count). The van der Waals surface area contributed by atoms with Crippen LogP contribution in [0.2, 0.25) is 0 Å². The van der Waals surface area contributed by atoms with Crippen molar-refractivity contribution in [2.45, 2.75) is 39.7 Å². The summed E-state index contributed by atoms with van der Waals surface area (Å²) in [5, 5.41) is 9.39. The number of carbonyl (C=O) groups is 1. The van der Waals surface area contributed by atoms with Crippen LogP contribution in [-0.4, -0.2) is 51.8 Å². The van der Waals surface area contributed by atoms with Crippen molar-refractivity contribution in [1.82, 2.24) is 16.0 Å². The maximum absolute atomic E-state index is 11.7. The summed E-state index contributed by atoms with van der Waals surface area (Å²) in [6.07, 6.45) is 2.26. The van der Waals surface area contributed by atoms with E-state index in [0.29, 0.717) is 38.6 Å². The number of nitrogens with zero attached hydrogens (tertiary/aromatic N) is 1. The molecule has 0 unspecified atom stereocenters. The average Bonchev–Trinajstić information content (AvgIpc) is 2.70. The van der Waals surface area contributed by atoms with E-state index in [4.69, 9.17) is 9.47 Å². The minimum absolute atomic E-state index is 0. The highest BCUT2D eigenvalue weighted by Gasteiger charge is 2.03. The van der Waals surface area contributed by atoms with Crippen LogP contribution in [0.4, 0.5) is 0 Å². The van der Waals surface area contributed by atoms with Gasteiger partial charge >= 0.3 is 0 Å². The number of methoxy groups -OCH3 is 1. The lowest BCUT2D eigenvalue weighted by molar-refractivity contribution is -0.120. The highest BCUT2D eigenvalue weighted by molar-refractivity contribution is 14.0. The predicted octanol–water partition coefficient (Wildman–Crippen LogP) is 2.69. The van der Waals surface area contributed by atoms with Gasteiger partial charge in [-0.2, -0.15) is 0 Å². The zero-order valence-corrected chi connectivity index (χ0v) is 19.6. The fraction of sp³-hybridized carbons (Fsp3) is 0.600. The zero-order chi connectivity index (χ0) is 19.7. The summed E-state index contributed by atoms with van der Waals surface area (Å²) < 4.78 is 10.5. The summed E-state index contributed by atoms with van der Waals surface area (Å²) in [5.74, 6) is 1.58. The minimum Gasteiger partial charge on any atom is -0.497 e. The first kappa shape index (κ1) is 26.4. The van der Waals surface area contributed by atoms with Gasteiger partial charge in [-0.05, 0) is 37.5 Å². The first-order chi connectivity index (χ1) is 13.2. The van der Waals surface area contributed by atoms with Gasteiger partial charge in [0.1, 0.15) is 5.75 Å². The van der Waals surface area contributed by atoms with Crippen LogP contribution in [0, 0.1) is 0 Å². The molecule has 160 valence electrons. The van der Waals surface area contributed by atoms with E-state index in [2.05, 4.69) is 20.9 Å². The van der Waals surface area contributed by atoms with E-state index in [-0.39, 0.29) is 29.9 Å². The SMILES string of the molecule is CCCNC(=O)CCNC(=NCc1ccc(OC)cc1)NCCCOCC.I. The van der Waals surface area contributed by atoms with Gasteiger partial charge < -0.3 is 25.4 Å². The molecule has 0 aliphatic rings. The molecule has 0 spiro atoms. The molecule has 0 fully saturated rings. The maximum atomic E-state index is 11.7. The van der Waals surface area contributed by atoms with Crippen molar-refractivity contribution in [3.8, 4) is 5.75 Å². The van der Waals surface area contributed by atoms with E-state index in [1.54, 1.807) is 7.11 Å². The molecule has 0 heterocycles. The van der Waals surface area contributed by atoms with Gasteiger partial charge in [-0.1, -0.05) is 19.1 Å². The van der Waals surface area contributed by atoms with Crippen LogP contribution in [0.25, 0.3) is 0 Å². The quantitative estimate of drug-likeness (QED) is 0.166. The van der Waals surface area contributed by atoms with Gasteiger partial charge in [-0.3, -0.25) is 4.79 Å². The number of hydrogen-bond acceptors (Lipinski definition) is 4. The molecule has 0 aliphatic carbocycles. The van der Waals surface area contributed by atoms with Crippen LogP contribution in [0.5, 0.6) is 5.75 Å². The van der Waals surface area contributed by atoms with Gasteiger partial charge in [-0.25, -0.2) is 4.99 Å². The summed E-state index contributed by atoms with van der Waals surface area (Å²) in [6, 6.07) is 7.83. The first-order valence-electron chi connectivity index (χ1n) is 9.69. The predicted molar refractivity (Wildman–Crippen MR) is 125 cm³/mol. The summed E-state index contributed by atoms with van der Waals surface area (Å²) in [7, 11) is 1.65. The standard InChI is InChI=1S/C20H34N4O3.HI/c1-4-12-21-19(25)11-14-23-20(22-13-6-15-27-5-2)24-16-17-7-9-18(26-3)10-8-17;/h7-10H,4-6,11-16H2,1-3H3,(H,21,25)(H2,22,23,24);1H. The Kier molecular flexibility index (Phi) is 16.6. The molecular weight excluding hydrogens is 471 g/mol. The molecular formula is C20H35IN4O3. The molecule has 0 bridgehead atoms. The topological polar surface area (TPSA) is 84.0 Å². The van der Waals surface area contributed by atoms with Crippen molar-refractivity contribution in [2.24, 2.45) is 4.99 Å². The number of aliphatic imine (C=N–C) groups is 1. The van der Waals surface area contributed by atoms with Crippen molar-refractivity contribution < 1.29 is 14.3 Å². The molecule has 0 aromatic heterocycles. The van der Waals surface area contributed by atoms with E-state index >= 15 is 0 Å². The normalized spacial score (nSPS) is 10.8. The van der Waals surface area contributed by atoms with Crippen LogP contribution in [0.1, 0.15) is 38.7 Å². The smallest absolute Gasteiger partial charge is 0.221 e. The Morgan fingerprint density at radius 1 is 1.04 bits per heavy atom. The van der Waals surface area contributed by atoms with Crippen molar-refractivity contribution in [1.29, 1.82) is 0 Å². The lowest BCUT2D eigenvalue weighted by Gasteiger charge is -2.13. The van der Waals surface area contributed by atoms with Gasteiger partial charge in [0.05, 0.1) is 13.7 Å². The summed E-state index contributed by atoms with van der Waals surface area (Å²) in [5.41, 5.74) is 1.09. The van der Waals surface area contributed by atoms with Crippen molar-refractivity contribution in [3.63, 3.8) is 0 Å². The Bertz CT molecular complexity index is 553. The second kappa shape index (κ2) is 17.5. The van der Waals surface area contributed by atoms with E-state index in [0.717, 1.165) is 37.3 Å². The van der Waals surface area contributed by atoms with Crippen LogP contribution < -0.4 is 20.7 Å². The largest absolute Gasteiger partial charge is 0.497 e. The van der Waals surface area contributed by atoms with Crippen LogP contribution in [0.15, 0.2) is 29.3 Å². The number of halogens is 1. The highest BCUT2D eigenvalue weighted by Crippen LogP contribution is 2.11. The average molecular weight is 506 g/mol. The number of carbonyl (C=O) groups excluding carboxylic acids is 1. The maximum Gasteiger partial charge on any atom is 0.221 e. The third kappa shape index (κ3) is 12.8. The van der Waals surface area contributed by atoms with Crippen molar-refractivity contribution in [2.75, 3.05) is 40.0 Å². The second-order valence-corrected chi connectivity index (χ2v) is 6.02. The molecule has 0 radical (unpaired) electrons. The third-order valence-corrected chi connectivity index (χ3v) is 3.76. The number of hydrogen-bond donors (Lipinski definition) is 3. The van der Waals surface area contributed by atoms with E-state index in [1.165, 1.54) is 0 Å². The van der Waals surface area contributed by atoms with Gasteiger partial charge in [0, 0.05) is 39.3 Å².